The Hall–Kier alpha value is -1.09. The third-order valence-electron chi connectivity index (χ3n) is 3.75. The molecule has 0 spiro atoms. The summed E-state index contributed by atoms with van der Waals surface area (Å²) in [7, 11) is 0. The number of hydrogen-bond acceptors (Lipinski definition) is 3. The predicted molar refractivity (Wildman–Crippen MR) is 73.5 cm³/mol. The van der Waals surface area contributed by atoms with E-state index in [1.54, 1.807) is 6.20 Å². The van der Waals surface area contributed by atoms with Gasteiger partial charge in [0, 0.05) is 12.2 Å². The average Bonchev–Trinajstić information content (AvgIpc) is 2.45. The fourth-order valence-corrected chi connectivity index (χ4v) is 2.68. The van der Waals surface area contributed by atoms with Gasteiger partial charge in [0.1, 0.15) is 5.75 Å². The lowest BCUT2D eigenvalue weighted by molar-refractivity contribution is 0.302. The second-order valence-corrected chi connectivity index (χ2v) is 5.23. The zero-order chi connectivity index (χ0) is 12.8. The van der Waals surface area contributed by atoms with Crippen LogP contribution in [-0.4, -0.2) is 11.6 Å². The van der Waals surface area contributed by atoms with Crippen molar-refractivity contribution in [3.05, 3.63) is 24.0 Å². The zero-order valence-electron chi connectivity index (χ0n) is 11.3. The van der Waals surface area contributed by atoms with Gasteiger partial charge in [-0.05, 0) is 36.8 Å². The monoisotopic (exact) mass is 248 g/mol. The van der Waals surface area contributed by atoms with Gasteiger partial charge in [0.25, 0.3) is 0 Å². The number of aromatic nitrogens is 1. The van der Waals surface area contributed by atoms with E-state index in [2.05, 4.69) is 18.0 Å². The molecule has 1 heterocycles. The lowest BCUT2D eigenvalue weighted by atomic mass is 9.82. The number of nitrogens with two attached hydrogens (primary N) is 1. The molecule has 18 heavy (non-hydrogen) atoms. The van der Waals surface area contributed by atoms with Crippen molar-refractivity contribution in [3.63, 3.8) is 0 Å². The first-order valence-corrected chi connectivity index (χ1v) is 7.14. The maximum absolute atomic E-state index is 6.37. The highest BCUT2D eigenvalue weighted by Crippen LogP contribution is 2.33. The Kier molecular flexibility index (Phi) is 5.00. The van der Waals surface area contributed by atoms with Crippen LogP contribution in [-0.2, 0) is 0 Å². The summed E-state index contributed by atoms with van der Waals surface area (Å²) >= 11 is 0. The number of rotatable bonds is 5. The van der Waals surface area contributed by atoms with Gasteiger partial charge in [0.15, 0.2) is 0 Å². The van der Waals surface area contributed by atoms with Crippen LogP contribution in [0.3, 0.4) is 0 Å². The minimum atomic E-state index is 0.114. The molecule has 0 radical (unpaired) electrons. The normalized spacial score (nSPS) is 18.6. The third kappa shape index (κ3) is 3.45. The second kappa shape index (κ2) is 6.74. The van der Waals surface area contributed by atoms with Gasteiger partial charge in [-0.15, -0.1) is 0 Å². The van der Waals surface area contributed by atoms with Crippen LogP contribution in [0.25, 0.3) is 0 Å². The molecule has 0 aromatic carbocycles. The molecule has 1 saturated carbocycles. The molecule has 1 unspecified atom stereocenters. The molecule has 3 nitrogen and oxygen atoms in total. The summed E-state index contributed by atoms with van der Waals surface area (Å²) in [6, 6.07) is 2.17. The molecule has 2 rings (SSSR count). The maximum atomic E-state index is 6.37. The molecule has 0 amide bonds. The molecule has 1 aromatic heterocycles. The van der Waals surface area contributed by atoms with E-state index >= 15 is 0 Å². The fourth-order valence-electron chi connectivity index (χ4n) is 2.68. The van der Waals surface area contributed by atoms with Gasteiger partial charge in [-0.2, -0.15) is 0 Å². The number of pyridine rings is 1. The molecule has 0 aliphatic heterocycles. The Labute approximate surface area is 110 Å². The Balaban J connectivity index is 2.02. The molecule has 0 saturated heterocycles. The molecule has 1 atom stereocenters. The van der Waals surface area contributed by atoms with E-state index in [4.69, 9.17) is 10.5 Å². The van der Waals surface area contributed by atoms with Crippen LogP contribution < -0.4 is 10.5 Å². The SMILES string of the molecule is CCCOc1cncc(C(N)C2CCCCC2)c1. The minimum absolute atomic E-state index is 0.114. The summed E-state index contributed by atoms with van der Waals surface area (Å²) in [4.78, 5) is 4.25. The van der Waals surface area contributed by atoms with E-state index in [9.17, 15) is 0 Å². The zero-order valence-corrected chi connectivity index (χ0v) is 11.3. The van der Waals surface area contributed by atoms with Gasteiger partial charge in [0.2, 0.25) is 0 Å². The Morgan fingerprint density at radius 2 is 2.11 bits per heavy atom. The van der Waals surface area contributed by atoms with Crippen LogP contribution in [0.4, 0.5) is 0 Å². The first-order chi connectivity index (χ1) is 8.81. The van der Waals surface area contributed by atoms with E-state index in [1.165, 1.54) is 32.1 Å². The fraction of sp³-hybridized carbons (Fsp3) is 0.667. The quantitative estimate of drug-likeness (QED) is 0.868. The molecular formula is C15H24N2O. The van der Waals surface area contributed by atoms with Crippen molar-refractivity contribution in [3.8, 4) is 5.75 Å². The molecule has 1 fully saturated rings. The Morgan fingerprint density at radius 1 is 1.33 bits per heavy atom. The summed E-state index contributed by atoms with van der Waals surface area (Å²) in [5.41, 5.74) is 7.49. The van der Waals surface area contributed by atoms with Crippen molar-refractivity contribution in [2.24, 2.45) is 11.7 Å². The summed E-state index contributed by atoms with van der Waals surface area (Å²) in [5, 5.41) is 0. The largest absolute Gasteiger partial charge is 0.492 e. The van der Waals surface area contributed by atoms with Crippen molar-refractivity contribution in [2.45, 2.75) is 51.5 Å². The smallest absolute Gasteiger partial charge is 0.137 e. The van der Waals surface area contributed by atoms with Gasteiger partial charge in [-0.25, -0.2) is 0 Å². The summed E-state index contributed by atoms with van der Waals surface area (Å²) < 4.78 is 5.62. The number of nitrogens with zero attached hydrogens (tertiary/aromatic N) is 1. The van der Waals surface area contributed by atoms with Gasteiger partial charge in [-0.1, -0.05) is 26.2 Å². The standard InChI is InChI=1S/C15H24N2O/c1-2-8-18-14-9-13(10-17-11-14)15(16)12-6-4-3-5-7-12/h9-12,15H,2-8,16H2,1H3. The van der Waals surface area contributed by atoms with Crippen molar-refractivity contribution in [2.75, 3.05) is 6.61 Å². The predicted octanol–water partition coefficient (Wildman–Crippen LogP) is 3.45. The Morgan fingerprint density at radius 3 is 2.83 bits per heavy atom. The molecule has 2 N–H and O–H groups in total. The highest BCUT2D eigenvalue weighted by atomic mass is 16.5. The molecule has 0 bridgehead atoms. The second-order valence-electron chi connectivity index (χ2n) is 5.23. The van der Waals surface area contributed by atoms with Crippen LogP contribution in [0.2, 0.25) is 0 Å². The van der Waals surface area contributed by atoms with Gasteiger partial charge in [0.05, 0.1) is 12.8 Å². The Bertz CT molecular complexity index is 361. The molecule has 1 aliphatic carbocycles. The number of ether oxygens (including phenoxy) is 1. The van der Waals surface area contributed by atoms with E-state index in [1.807, 2.05) is 6.20 Å². The van der Waals surface area contributed by atoms with Crippen LogP contribution >= 0.6 is 0 Å². The van der Waals surface area contributed by atoms with E-state index in [0.717, 1.165) is 24.3 Å². The highest BCUT2D eigenvalue weighted by molar-refractivity contribution is 5.26. The molecule has 1 aromatic rings. The minimum Gasteiger partial charge on any atom is -0.492 e. The van der Waals surface area contributed by atoms with Gasteiger partial charge < -0.3 is 10.5 Å². The average molecular weight is 248 g/mol. The molecule has 100 valence electrons. The molecule has 3 heteroatoms. The maximum Gasteiger partial charge on any atom is 0.137 e. The van der Waals surface area contributed by atoms with Crippen LogP contribution in [0.1, 0.15) is 57.1 Å². The van der Waals surface area contributed by atoms with Crippen molar-refractivity contribution < 1.29 is 4.74 Å². The van der Waals surface area contributed by atoms with Crippen molar-refractivity contribution >= 4 is 0 Å². The first-order valence-electron chi connectivity index (χ1n) is 7.14. The summed E-state index contributed by atoms with van der Waals surface area (Å²) in [6.45, 7) is 2.84. The van der Waals surface area contributed by atoms with Crippen LogP contribution in [0.15, 0.2) is 18.5 Å². The number of hydrogen-bond donors (Lipinski definition) is 1. The van der Waals surface area contributed by atoms with Gasteiger partial charge in [-0.3, -0.25) is 4.98 Å². The van der Waals surface area contributed by atoms with E-state index < -0.39 is 0 Å². The van der Waals surface area contributed by atoms with Crippen LogP contribution in [0, 0.1) is 5.92 Å². The van der Waals surface area contributed by atoms with Crippen LogP contribution in [0.5, 0.6) is 5.75 Å². The first kappa shape index (κ1) is 13.3. The highest BCUT2D eigenvalue weighted by Gasteiger charge is 2.22. The van der Waals surface area contributed by atoms with Crippen molar-refractivity contribution in [1.29, 1.82) is 0 Å². The topological polar surface area (TPSA) is 48.1 Å². The van der Waals surface area contributed by atoms with Crippen molar-refractivity contribution in [1.82, 2.24) is 4.98 Å². The van der Waals surface area contributed by atoms with Gasteiger partial charge >= 0.3 is 0 Å². The van der Waals surface area contributed by atoms with E-state index in [-0.39, 0.29) is 6.04 Å². The lowest BCUT2D eigenvalue weighted by Gasteiger charge is -2.27. The summed E-state index contributed by atoms with van der Waals surface area (Å²) in [5.74, 6) is 1.46. The lowest BCUT2D eigenvalue weighted by Crippen LogP contribution is -2.23. The third-order valence-corrected chi connectivity index (χ3v) is 3.75. The molecule has 1 aliphatic rings. The molecular weight excluding hydrogens is 224 g/mol. The summed E-state index contributed by atoms with van der Waals surface area (Å²) in [6.07, 6.45) is 11.2. The van der Waals surface area contributed by atoms with E-state index in [0.29, 0.717) is 5.92 Å².